The van der Waals surface area contributed by atoms with Crippen LogP contribution in [-0.2, 0) is 0 Å². The van der Waals surface area contributed by atoms with Crippen LogP contribution in [0.1, 0.15) is 35.5 Å². The van der Waals surface area contributed by atoms with Gasteiger partial charge in [-0.3, -0.25) is 9.78 Å². The third-order valence-corrected chi connectivity index (χ3v) is 2.87. The van der Waals surface area contributed by atoms with Crippen LogP contribution in [0.25, 0.3) is 0 Å². The van der Waals surface area contributed by atoms with Crippen LogP contribution in [0.2, 0.25) is 0 Å². The number of primary amides is 1. The maximum Gasteiger partial charge on any atom is 0.252 e. The van der Waals surface area contributed by atoms with Crippen molar-refractivity contribution in [3.05, 3.63) is 53.9 Å². The van der Waals surface area contributed by atoms with E-state index in [1.54, 1.807) is 36.4 Å². The zero-order chi connectivity index (χ0) is 14.5. The first-order valence-corrected chi connectivity index (χ1v) is 6.32. The summed E-state index contributed by atoms with van der Waals surface area (Å²) in [4.78, 5) is 15.4. The maximum atomic E-state index is 11.3. The second kappa shape index (κ2) is 6.16. The molecule has 0 radical (unpaired) electrons. The van der Waals surface area contributed by atoms with Gasteiger partial charge >= 0.3 is 0 Å². The van der Waals surface area contributed by atoms with Crippen LogP contribution < -0.4 is 10.5 Å². The Morgan fingerprint density at radius 3 is 2.70 bits per heavy atom. The molecule has 1 heterocycles. The van der Waals surface area contributed by atoms with Crippen LogP contribution >= 0.6 is 0 Å². The van der Waals surface area contributed by atoms with Crippen molar-refractivity contribution in [2.24, 2.45) is 5.73 Å². The first kappa shape index (κ1) is 14.0. The lowest BCUT2D eigenvalue weighted by molar-refractivity contribution is 0.0998. The number of para-hydroxylation sites is 1. The number of nitrogens with zero attached hydrogens (tertiary/aromatic N) is 1. The summed E-state index contributed by atoms with van der Waals surface area (Å²) < 4.78 is 5.59. The van der Waals surface area contributed by atoms with Crippen molar-refractivity contribution in [1.29, 1.82) is 0 Å². The summed E-state index contributed by atoms with van der Waals surface area (Å²) in [5, 5.41) is 9.66. The number of ether oxygens (including phenoxy) is 1. The Morgan fingerprint density at radius 1 is 1.35 bits per heavy atom. The number of benzene rings is 1. The first-order valence-electron chi connectivity index (χ1n) is 6.32. The number of pyridine rings is 1. The van der Waals surface area contributed by atoms with Gasteiger partial charge in [-0.2, -0.15) is 0 Å². The number of carbonyl (C=O) groups is 1. The van der Waals surface area contributed by atoms with Gasteiger partial charge in [0.2, 0.25) is 0 Å². The standard InChI is InChI=1S/C15H16N2O3/c1-2-13(18)12-8-7-10(9-17-12)20-14-6-4-3-5-11(14)15(16)19/h3-9,13,18H,2H2,1H3,(H2,16,19). The molecule has 1 aromatic heterocycles. The van der Waals surface area contributed by atoms with Crippen molar-refractivity contribution in [1.82, 2.24) is 4.98 Å². The molecule has 20 heavy (non-hydrogen) atoms. The van der Waals surface area contributed by atoms with Gasteiger partial charge in [-0.15, -0.1) is 0 Å². The molecule has 2 aromatic rings. The van der Waals surface area contributed by atoms with Gasteiger partial charge in [-0.1, -0.05) is 19.1 Å². The molecule has 0 spiro atoms. The van der Waals surface area contributed by atoms with Gasteiger partial charge in [-0.25, -0.2) is 0 Å². The molecular formula is C15H16N2O3. The normalized spacial score (nSPS) is 11.9. The summed E-state index contributed by atoms with van der Waals surface area (Å²) in [7, 11) is 0. The van der Waals surface area contributed by atoms with Gasteiger partial charge in [-0.05, 0) is 30.7 Å². The van der Waals surface area contributed by atoms with E-state index in [2.05, 4.69) is 4.98 Å². The zero-order valence-corrected chi connectivity index (χ0v) is 11.1. The summed E-state index contributed by atoms with van der Waals surface area (Å²) >= 11 is 0. The van der Waals surface area contributed by atoms with E-state index in [0.717, 1.165) is 0 Å². The number of amides is 1. The fourth-order valence-corrected chi connectivity index (χ4v) is 1.74. The molecule has 1 aromatic carbocycles. The molecule has 0 bridgehead atoms. The number of hydrogen-bond donors (Lipinski definition) is 2. The Kier molecular flexibility index (Phi) is 4.32. The van der Waals surface area contributed by atoms with Gasteiger partial charge in [0.15, 0.2) is 0 Å². The van der Waals surface area contributed by atoms with Crippen molar-refractivity contribution in [2.75, 3.05) is 0 Å². The zero-order valence-electron chi connectivity index (χ0n) is 11.1. The van der Waals surface area contributed by atoms with Gasteiger partial charge in [0.1, 0.15) is 11.5 Å². The van der Waals surface area contributed by atoms with E-state index in [1.807, 2.05) is 6.92 Å². The van der Waals surface area contributed by atoms with E-state index in [0.29, 0.717) is 29.2 Å². The molecule has 0 aliphatic heterocycles. The minimum absolute atomic E-state index is 0.310. The highest BCUT2D eigenvalue weighted by Gasteiger charge is 2.10. The topological polar surface area (TPSA) is 85.4 Å². The van der Waals surface area contributed by atoms with E-state index < -0.39 is 12.0 Å². The van der Waals surface area contributed by atoms with E-state index in [4.69, 9.17) is 10.5 Å². The van der Waals surface area contributed by atoms with Crippen LogP contribution in [-0.4, -0.2) is 16.0 Å². The highest BCUT2D eigenvalue weighted by molar-refractivity contribution is 5.95. The summed E-state index contributed by atoms with van der Waals surface area (Å²) in [6, 6.07) is 10.1. The highest BCUT2D eigenvalue weighted by atomic mass is 16.5. The van der Waals surface area contributed by atoms with Crippen molar-refractivity contribution in [3.63, 3.8) is 0 Å². The highest BCUT2D eigenvalue weighted by Crippen LogP contribution is 2.25. The molecule has 104 valence electrons. The molecule has 0 aliphatic rings. The van der Waals surface area contributed by atoms with Crippen LogP contribution in [0.4, 0.5) is 0 Å². The Morgan fingerprint density at radius 2 is 2.10 bits per heavy atom. The molecular weight excluding hydrogens is 256 g/mol. The Hall–Kier alpha value is -2.40. The van der Waals surface area contributed by atoms with Crippen molar-refractivity contribution >= 4 is 5.91 Å². The molecule has 0 aliphatic carbocycles. The Labute approximate surface area is 117 Å². The molecule has 0 fully saturated rings. The number of carbonyl (C=O) groups excluding carboxylic acids is 1. The number of hydrogen-bond acceptors (Lipinski definition) is 4. The molecule has 2 rings (SSSR count). The largest absolute Gasteiger partial charge is 0.455 e. The maximum absolute atomic E-state index is 11.3. The fraction of sp³-hybridized carbons (Fsp3) is 0.200. The summed E-state index contributed by atoms with van der Waals surface area (Å²) in [6.45, 7) is 1.87. The predicted octanol–water partition coefficient (Wildman–Crippen LogP) is 2.42. The van der Waals surface area contributed by atoms with Crippen molar-refractivity contribution in [3.8, 4) is 11.5 Å². The van der Waals surface area contributed by atoms with E-state index in [9.17, 15) is 9.90 Å². The molecule has 3 N–H and O–H groups in total. The SMILES string of the molecule is CCC(O)c1ccc(Oc2ccccc2C(N)=O)cn1. The summed E-state index contributed by atoms with van der Waals surface area (Å²) in [5.74, 6) is 0.308. The lowest BCUT2D eigenvalue weighted by atomic mass is 10.2. The molecule has 0 saturated carbocycles. The second-order valence-corrected chi connectivity index (χ2v) is 4.31. The van der Waals surface area contributed by atoms with Crippen LogP contribution in [0.15, 0.2) is 42.6 Å². The van der Waals surface area contributed by atoms with E-state index in [1.165, 1.54) is 6.20 Å². The quantitative estimate of drug-likeness (QED) is 0.875. The van der Waals surface area contributed by atoms with Gasteiger partial charge in [0, 0.05) is 0 Å². The van der Waals surface area contributed by atoms with Crippen LogP contribution in [0.5, 0.6) is 11.5 Å². The average Bonchev–Trinajstić information content (AvgIpc) is 2.47. The molecule has 1 unspecified atom stereocenters. The fourth-order valence-electron chi connectivity index (χ4n) is 1.74. The van der Waals surface area contributed by atoms with E-state index >= 15 is 0 Å². The monoisotopic (exact) mass is 272 g/mol. The number of aliphatic hydroxyl groups is 1. The van der Waals surface area contributed by atoms with Crippen molar-refractivity contribution in [2.45, 2.75) is 19.4 Å². The smallest absolute Gasteiger partial charge is 0.252 e. The minimum atomic E-state index is -0.582. The van der Waals surface area contributed by atoms with Crippen molar-refractivity contribution < 1.29 is 14.6 Å². The van der Waals surface area contributed by atoms with Gasteiger partial charge < -0.3 is 15.6 Å². The second-order valence-electron chi connectivity index (χ2n) is 4.31. The third-order valence-electron chi connectivity index (χ3n) is 2.87. The number of aromatic nitrogens is 1. The number of nitrogens with two attached hydrogens (primary N) is 1. The lowest BCUT2D eigenvalue weighted by Crippen LogP contribution is -2.12. The van der Waals surface area contributed by atoms with E-state index in [-0.39, 0.29) is 0 Å². The molecule has 5 heteroatoms. The Balaban J connectivity index is 2.20. The minimum Gasteiger partial charge on any atom is -0.455 e. The first-order chi connectivity index (χ1) is 9.61. The van der Waals surface area contributed by atoms with Gasteiger partial charge in [0.25, 0.3) is 5.91 Å². The van der Waals surface area contributed by atoms with Crippen LogP contribution in [0.3, 0.4) is 0 Å². The summed E-state index contributed by atoms with van der Waals surface area (Å²) in [5.41, 5.74) is 6.18. The Bertz CT molecular complexity index is 596. The predicted molar refractivity (Wildman–Crippen MR) is 74.5 cm³/mol. The molecule has 0 saturated heterocycles. The number of aliphatic hydroxyl groups excluding tert-OH is 1. The van der Waals surface area contributed by atoms with Gasteiger partial charge in [0.05, 0.1) is 23.6 Å². The lowest BCUT2D eigenvalue weighted by Gasteiger charge is -2.10. The third kappa shape index (κ3) is 3.13. The molecule has 1 amide bonds. The average molecular weight is 272 g/mol. The molecule has 5 nitrogen and oxygen atoms in total. The molecule has 1 atom stereocenters. The van der Waals surface area contributed by atoms with Crippen LogP contribution in [0, 0.1) is 0 Å². The number of rotatable bonds is 5. The summed E-state index contributed by atoms with van der Waals surface area (Å²) in [6.07, 6.45) is 1.52.